The highest BCUT2D eigenvalue weighted by Gasteiger charge is 2.24. The zero-order chi connectivity index (χ0) is 16.1. The van der Waals surface area contributed by atoms with Crippen molar-refractivity contribution in [2.75, 3.05) is 33.3 Å². The van der Waals surface area contributed by atoms with E-state index >= 15 is 0 Å². The van der Waals surface area contributed by atoms with Crippen molar-refractivity contribution < 1.29 is 4.74 Å². The Balaban J connectivity index is 1.54. The largest absolute Gasteiger partial charge is 0.496 e. The molecule has 1 aliphatic heterocycles. The molecule has 4 heteroatoms. The first kappa shape index (κ1) is 17.2. The summed E-state index contributed by atoms with van der Waals surface area (Å²) in [7, 11) is 1.76. The van der Waals surface area contributed by atoms with E-state index in [1.54, 1.807) is 7.11 Å². The molecule has 1 aromatic rings. The molecule has 3 nitrogen and oxygen atoms in total. The summed E-state index contributed by atoms with van der Waals surface area (Å²) >= 11 is 3.58. The SMILES string of the molecule is COc1ccc(Br)cc1CN1CCN(C2CCCCCC2)CC1. The van der Waals surface area contributed by atoms with Crippen LogP contribution in [-0.4, -0.2) is 49.1 Å². The lowest BCUT2D eigenvalue weighted by Crippen LogP contribution is -2.49. The van der Waals surface area contributed by atoms with Gasteiger partial charge in [-0.3, -0.25) is 9.80 Å². The predicted octanol–water partition coefficient (Wildman–Crippen LogP) is 4.30. The second-order valence-electron chi connectivity index (χ2n) is 6.91. The molecule has 0 spiro atoms. The average Bonchev–Trinajstić information content (AvgIpc) is 2.85. The van der Waals surface area contributed by atoms with Gasteiger partial charge in [0.15, 0.2) is 0 Å². The molecule has 0 aromatic heterocycles. The third-order valence-corrected chi connectivity index (χ3v) is 5.88. The Hall–Kier alpha value is -0.580. The number of benzene rings is 1. The zero-order valence-electron chi connectivity index (χ0n) is 14.3. The van der Waals surface area contributed by atoms with Crippen LogP contribution in [0.25, 0.3) is 0 Å². The third-order valence-electron chi connectivity index (χ3n) is 5.38. The van der Waals surface area contributed by atoms with E-state index < -0.39 is 0 Å². The van der Waals surface area contributed by atoms with Gasteiger partial charge in [-0.05, 0) is 31.0 Å². The number of rotatable bonds is 4. The van der Waals surface area contributed by atoms with Crippen molar-refractivity contribution >= 4 is 15.9 Å². The van der Waals surface area contributed by atoms with Gasteiger partial charge in [0.1, 0.15) is 5.75 Å². The Morgan fingerprint density at radius 1 is 1.04 bits per heavy atom. The van der Waals surface area contributed by atoms with Gasteiger partial charge in [-0.25, -0.2) is 0 Å². The lowest BCUT2D eigenvalue weighted by atomic mass is 10.1. The fourth-order valence-corrected chi connectivity index (χ4v) is 4.43. The summed E-state index contributed by atoms with van der Waals surface area (Å²) in [5.74, 6) is 0.999. The van der Waals surface area contributed by atoms with Crippen molar-refractivity contribution in [1.82, 2.24) is 9.80 Å². The van der Waals surface area contributed by atoms with Crippen LogP contribution in [0.15, 0.2) is 22.7 Å². The molecule has 1 aliphatic carbocycles. The molecule has 0 unspecified atom stereocenters. The minimum atomic E-state index is 0.847. The van der Waals surface area contributed by atoms with Gasteiger partial charge in [-0.2, -0.15) is 0 Å². The molecule has 3 rings (SSSR count). The number of nitrogens with zero attached hydrogens (tertiary/aromatic N) is 2. The Morgan fingerprint density at radius 3 is 2.39 bits per heavy atom. The maximum atomic E-state index is 5.51. The van der Waals surface area contributed by atoms with Gasteiger partial charge >= 0.3 is 0 Å². The van der Waals surface area contributed by atoms with Gasteiger partial charge in [-0.1, -0.05) is 41.6 Å². The highest BCUT2D eigenvalue weighted by Crippen LogP contribution is 2.26. The van der Waals surface area contributed by atoms with Crippen LogP contribution in [0.2, 0.25) is 0 Å². The van der Waals surface area contributed by atoms with E-state index in [9.17, 15) is 0 Å². The van der Waals surface area contributed by atoms with Gasteiger partial charge in [0.25, 0.3) is 0 Å². The molecular formula is C19H29BrN2O. The van der Waals surface area contributed by atoms with E-state index in [1.165, 1.54) is 70.3 Å². The number of methoxy groups -OCH3 is 1. The summed E-state index contributed by atoms with van der Waals surface area (Å²) in [4.78, 5) is 5.32. The van der Waals surface area contributed by atoms with E-state index in [0.717, 1.165) is 22.8 Å². The molecule has 128 valence electrons. The van der Waals surface area contributed by atoms with Crippen LogP contribution < -0.4 is 4.74 Å². The number of hydrogen-bond acceptors (Lipinski definition) is 3. The van der Waals surface area contributed by atoms with Crippen LogP contribution in [0.5, 0.6) is 5.75 Å². The van der Waals surface area contributed by atoms with E-state index in [-0.39, 0.29) is 0 Å². The summed E-state index contributed by atoms with van der Waals surface area (Å²) in [5, 5.41) is 0. The normalized spacial score (nSPS) is 22.0. The molecule has 1 heterocycles. The van der Waals surface area contributed by atoms with Crippen LogP contribution in [0, 0.1) is 0 Å². The van der Waals surface area contributed by atoms with Gasteiger partial charge in [0.2, 0.25) is 0 Å². The highest BCUT2D eigenvalue weighted by atomic mass is 79.9. The van der Waals surface area contributed by atoms with Crippen molar-refractivity contribution in [2.24, 2.45) is 0 Å². The third kappa shape index (κ3) is 4.71. The van der Waals surface area contributed by atoms with Crippen molar-refractivity contribution in [3.8, 4) is 5.75 Å². The molecule has 0 amide bonds. The maximum absolute atomic E-state index is 5.51. The molecule has 2 fully saturated rings. The molecule has 1 saturated carbocycles. The van der Waals surface area contributed by atoms with Crippen LogP contribution in [0.4, 0.5) is 0 Å². The van der Waals surface area contributed by atoms with Gasteiger partial charge in [0, 0.05) is 48.8 Å². The predicted molar refractivity (Wildman–Crippen MR) is 99.0 cm³/mol. The summed E-state index contributed by atoms with van der Waals surface area (Å²) in [6.45, 7) is 5.78. The molecule has 0 radical (unpaired) electrons. The molecule has 2 aliphatic rings. The lowest BCUT2D eigenvalue weighted by molar-refractivity contribution is 0.0847. The molecule has 0 bridgehead atoms. The van der Waals surface area contributed by atoms with Crippen LogP contribution in [0.3, 0.4) is 0 Å². The summed E-state index contributed by atoms with van der Waals surface area (Å²) in [6, 6.07) is 7.14. The average molecular weight is 381 g/mol. The van der Waals surface area contributed by atoms with Crippen LogP contribution in [0.1, 0.15) is 44.1 Å². The Morgan fingerprint density at radius 2 is 1.74 bits per heavy atom. The first-order valence-corrected chi connectivity index (χ1v) is 9.84. The Bertz CT molecular complexity index is 492. The Labute approximate surface area is 149 Å². The summed E-state index contributed by atoms with van der Waals surface area (Å²) in [6.07, 6.45) is 8.58. The molecule has 1 saturated heterocycles. The number of hydrogen-bond donors (Lipinski definition) is 0. The second kappa shape index (κ2) is 8.50. The molecule has 1 aromatic carbocycles. The number of piperazine rings is 1. The first-order valence-electron chi connectivity index (χ1n) is 9.05. The van der Waals surface area contributed by atoms with E-state index in [1.807, 2.05) is 6.07 Å². The van der Waals surface area contributed by atoms with Crippen molar-refractivity contribution in [3.63, 3.8) is 0 Å². The fourth-order valence-electron chi connectivity index (χ4n) is 4.02. The van der Waals surface area contributed by atoms with Crippen molar-refractivity contribution in [2.45, 2.75) is 51.1 Å². The lowest BCUT2D eigenvalue weighted by Gasteiger charge is -2.39. The van der Waals surface area contributed by atoms with Crippen molar-refractivity contribution in [1.29, 1.82) is 0 Å². The maximum Gasteiger partial charge on any atom is 0.123 e. The molecule has 0 N–H and O–H groups in total. The first-order chi connectivity index (χ1) is 11.3. The summed E-state index contributed by atoms with van der Waals surface area (Å²) in [5.41, 5.74) is 1.28. The number of halogens is 1. The van der Waals surface area contributed by atoms with E-state index in [0.29, 0.717) is 0 Å². The minimum Gasteiger partial charge on any atom is -0.496 e. The van der Waals surface area contributed by atoms with Crippen LogP contribution >= 0.6 is 15.9 Å². The minimum absolute atomic E-state index is 0.847. The molecule has 23 heavy (non-hydrogen) atoms. The smallest absolute Gasteiger partial charge is 0.123 e. The van der Waals surface area contributed by atoms with Crippen molar-refractivity contribution in [3.05, 3.63) is 28.2 Å². The topological polar surface area (TPSA) is 15.7 Å². The standard InChI is InChI=1S/C19H29BrN2O/c1-23-19-9-8-17(20)14-16(19)15-21-10-12-22(13-11-21)18-6-4-2-3-5-7-18/h8-9,14,18H,2-7,10-13,15H2,1H3. The quantitative estimate of drug-likeness (QED) is 0.724. The van der Waals surface area contributed by atoms with Gasteiger partial charge in [-0.15, -0.1) is 0 Å². The van der Waals surface area contributed by atoms with Crippen LogP contribution in [-0.2, 0) is 6.54 Å². The fraction of sp³-hybridized carbons (Fsp3) is 0.684. The molecule has 0 atom stereocenters. The second-order valence-corrected chi connectivity index (χ2v) is 7.83. The zero-order valence-corrected chi connectivity index (χ0v) is 15.9. The Kier molecular flexibility index (Phi) is 6.37. The molecular weight excluding hydrogens is 352 g/mol. The summed E-state index contributed by atoms with van der Waals surface area (Å²) < 4.78 is 6.64. The van der Waals surface area contributed by atoms with Gasteiger partial charge in [0.05, 0.1) is 7.11 Å². The van der Waals surface area contributed by atoms with Gasteiger partial charge < -0.3 is 4.74 Å². The number of ether oxygens (including phenoxy) is 1. The van der Waals surface area contributed by atoms with E-state index in [4.69, 9.17) is 4.74 Å². The van der Waals surface area contributed by atoms with E-state index in [2.05, 4.69) is 37.9 Å². The highest BCUT2D eigenvalue weighted by molar-refractivity contribution is 9.10. The monoisotopic (exact) mass is 380 g/mol.